The molecule has 0 saturated heterocycles. The summed E-state index contributed by atoms with van der Waals surface area (Å²) in [4.78, 5) is 0. The number of benzene rings is 3. The van der Waals surface area contributed by atoms with Crippen LogP contribution in [-0.4, -0.2) is 6.04 Å². The lowest BCUT2D eigenvalue weighted by molar-refractivity contribution is 0.664. The van der Waals surface area contributed by atoms with Gasteiger partial charge in [0, 0.05) is 28.1 Å². The van der Waals surface area contributed by atoms with Crippen molar-refractivity contribution in [1.82, 2.24) is 0 Å². The number of nitrogens with one attached hydrogen (secondary N) is 1. The maximum Gasteiger partial charge on any atom is 0.143 e. The summed E-state index contributed by atoms with van der Waals surface area (Å²) in [7, 11) is 0. The molecule has 0 aliphatic carbocycles. The number of aryl methyl sites for hydroxylation is 1. The summed E-state index contributed by atoms with van der Waals surface area (Å²) in [6.45, 7) is 4.29. The van der Waals surface area contributed by atoms with Gasteiger partial charge >= 0.3 is 0 Å². The van der Waals surface area contributed by atoms with Gasteiger partial charge in [0.15, 0.2) is 0 Å². The molecule has 0 spiro atoms. The first-order valence-electron chi connectivity index (χ1n) is 9.85. The van der Waals surface area contributed by atoms with E-state index in [0.29, 0.717) is 0 Å². The molecular weight excluding hydrogens is 342 g/mol. The van der Waals surface area contributed by atoms with Crippen LogP contribution in [0.3, 0.4) is 0 Å². The zero-order valence-corrected chi connectivity index (χ0v) is 16.2. The number of hydrogen-bond donors (Lipinski definition) is 1. The number of fused-ring (bicyclic) bond motifs is 4. The van der Waals surface area contributed by atoms with Gasteiger partial charge in [-0.3, -0.25) is 0 Å². The molecule has 0 saturated carbocycles. The minimum Gasteiger partial charge on any atom is -0.455 e. The quantitative estimate of drug-likeness (QED) is 0.397. The normalized spacial score (nSPS) is 16.8. The van der Waals surface area contributed by atoms with Gasteiger partial charge < -0.3 is 9.73 Å². The maximum atomic E-state index is 6.38. The average Bonchev–Trinajstić information content (AvgIpc) is 3.12. The molecule has 138 valence electrons. The minimum absolute atomic E-state index is 0.250. The lowest BCUT2D eigenvalue weighted by atomic mass is 9.99. The van der Waals surface area contributed by atoms with E-state index >= 15 is 0 Å². The summed E-state index contributed by atoms with van der Waals surface area (Å²) in [5, 5.41) is 5.96. The molecule has 0 radical (unpaired) electrons. The van der Waals surface area contributed by atoms with Crippen LogP contribution in [0, 0.1) is 6.92 Å². The Balaban J connectivity index is 1.70. The van der Waals surface area contributed by atoms with E-state index in [2.05, 4.69) is 98.1 Å². The third-order valence-corrected chi connectivity index (χ3v) is 5.54. The van der Waals surface area contributed by atoms with Crippen LogP contribution in [0.2, 0.25) is 0 Å². The van der Waals surface area contributed by atoms with Crippen molar-refractivity contribution in [1.29, 1.82) is 0 Å². The fourth-order valence-electron chi connectivity index (χ4n) is 4.06. The number of hydrogen-bond acceptors (Lipinski definition) is 2. The van der Waals surface area contributed by atoms with E-state index in [1.54, 1.807) is 0 Å². The Morgan fingerprint density at radius 3 is 2.57 bits per heavy atom. The second kappa shape index (κ2) is 6.72. The first kappa shape index (κ1) is 16.9. The topological polar surface area (TPSA) is 25.2 Å². The monoisotopic (exact) mass is 365 g/mol. The Labute approximate surface area is 165 Å². The predicted molar refractivity (Wildman–Crippen MR) is 119 cm³/mol. The van der Waals surface area contributed by atoms with Gasteiger partial charge in [-0.15, -0.1) is 0 Å². The van der Waals surface area contributed by atoms with Crippen molar-refractivity contribution in [2.24, 2.45) is 0 Å². The van der Waals surface area contributed by atoms with Crippen molar-refractivity contribution in [2.75, 3.05) is 5.32 Å². The second-order valence-corrected chi connectivity index (χ2v) is 7.55. The highest BCUT2D eigenvalue weighted by atomic mass is 16.3. The zero-order chi connectivity index (χ0) is 19.1. The van der Waals surface area contributed by atoms with Gasteiger partial charge in [-0.1, -0.05) is 72.8 Å². The van der Waals surface area contributed by atoms with Gasteiger partial charge in [0.25, 0.3) is 0 Å². The molecule has 0 fully saturated rings. The van der Waals surface area contributed by atoms with Crippen LogP contribution >= 0.6 is 0 Å². The van der Waals surface area contributed by atoms with Crippen molar-refractivity contribution < 1.29 is 4.42 Å². The molecule has 0 bridgehead atoms. The Morgan fingerprint density at radius 2 is 1.68 bits per heavy atom. The van der Waals surface area contributed by atoms with E-state index in [1.807, 2.05) is 0 Å². The molecule has 1 unspecified atom stereocenters. The molecule has 3 aromatic carbocycles. The molecule has 1 N–H and O–H groups in total. The van der Waals surface area contributed by atoms with Crippen LogP contribution in [0.1, 0.15) is 23.6 Å². The first-order valence-corrected chi connectivity index (χ1v) is 9.85. The lowest BCUT2D eigenvalue weighted by Gasteiger charge is -2.13. The molecule has 4 aromatic rings. The number of para-hydroxylation sites is 3. The molecule has 1 atom stereocenters. The van der Waals surface area contributed by atoms with Crippen LogP contribution in [0.15, 0.2) is 83.3 Å². The van der Waals surface area contributed by atoms with Gasteiger partial charge in [0.2, 0.25) is 0 Å². The number of rotatable bonds is 1. The summed E-state index contributed by atoms with van der Waals surface area (Å²) in [6.07, 6.45) is 7.63. The lowest BCUT2D eigenvalue weighted by Crippen LogP contribution is -2.12. The van der Waals surface area contributed by atoms with E-state index in [1.165, 1.54) is 33.2 Å². The Hall–Kier alpha value is -3.26. The summed E-state index contributed by atoms with van der Waals surface area (Å²) in [5.74, 6) is 0. The van der Waals surface area contributed by atoms with Crippen molar-refractivity contribution in [3.8, 4) is 0 Å². The fraction of sp³-hybridized carbons (Fsp3) is 0.154. The number of anilines is 1. The van der Waals surface area contributed by atoms with Crippen LogP contribution in [0.25, 0.3) is 27.5 Å². The van der Waals surface area contributed by atoms with Gasteiger partial charge in [0.1, 0.15) is 11.2 Å². The van der Waals surface area contributed by atoms with Gasteiger partial charge in [0.05, 0.1) is 0 Å². The fourth-order valence-corrected chi connectivity index (χ4v) is 4.06. The van der Waals surface area contributed by atoms with Crippen LogP contribution in [0.4, 0.5) is 5.69 Å². The molecule has 1 aliphatic heterocycles. The molecule has 2 heterocycles. The number of furan rings is 1. The van der Waals surface area contributed by atoms with Gasteiger partial charge in [-0.05, 0) is 43.0 Å². The minimum atomic E-state index is 0.250. The molecule has 2 heteroatoms. The Kier molecular flexibility index (Phi) is 4.05. The molecule has 1 aliphatic rings. The second-order valence-electron chi connectivity index (χ2n) is 7.55. The summed E-state index contributed by atoms with van der Waals surface area (Å²) in [5.41, 5.74) is 7.99. The average molecular weight is 365 g/mol. The van der Waals surface area contributed by atoms with Crippen molar-refractivity contribution in [2.45, 2.75) is 26.3 Å². The Morgan fingerprint density at radius 1 is 0.893 bits per heavy atom. The van der Waals surface area contributed by atoms with Gasteiger partial charge in [-0.2, -0.15) is 0 Å². The summed E-state index contributed by atoms with van der Waals surface area (Å²) >= 11 is 0. The molecule has 5 rings (SSSR count). The highest BCUT2D eigenvalue weighted by Crippen LogP contribution is 2.36. The maximum absolute atomic E-state index is 6.38. The van der Waals surface area contributed by atoms with Crippen molar-refractivity contribution >= 4 is 33.2 Å². The predicted octanol–water partition coefficient (Wildman–Crippen LogP) is 6.89. The highest BCUT2D eigenvalue weighted by Gasteiger charge is 2.14. The van der Waals surface area contributed by atoms with Gasteiger partial charge in [-0.25, -0.2) is 0 Å². The van der Waals surface area contributed by atoms with Crippen molar-refractivity contribution in [3.63, 3.8) is 0 Å². The van der Waals surface area contributed by atoms with E-state index in [9.17, 15) is 0 Å². The third-order valence-electron chi connectivity index (χ3n) is 5.54. The van der Waals surface area contributed by atoms with E-state index in [4.69, 9.17) is 4.42 Å². The summed E-state index contributed by atoms with van der Waals surface area (Å²) in [6, 6.07) is 21.6. The SMILES string of the molecule is Cc1cccc2c1oc1c(C3=CCc4ccccc4NC(C)C=C3)cccc12. The molecule has 0 amide bonds. The molecular formula is C26H23NO. The Bertz CT molecular complexity index is 1240. The third kappa shape index (κ3) is 2.82. The number of allylic oxidation sites excluding steroid dienone is 3. The van der Waals surface area contributed by atoms with E-state index in [0.717, 1.165) is 23.2 Å². The van der Waals surface area contributed by atoms with Crippen LogP contribution in [0.5, 0.6) is 0 Å². The molecule has 1 aromatic heterocycles. The van der Waals surface area contributed by atoms with Crippen LogP contribution < -0.4 is 5.32 Å². The highest BCUT2D eigenvalue weighted by molar-refractivity contribution is 6.09. The standard InChI is InChI=1S/C26H23NO/c1-17-7-5-10-22-23-11-6-9-21(26(23)28-25(17)22)19-14-13-18(2)27-24-12-4-3-8-20(24)16-15-19/h3-15,18,27H,16H2,1-2H3. The summed E-state index contributed by atoms with van der Waals surface area (Å²) < 4.78 is 6.38. The van der Waals surface area contributed by atoms with Crippen molar-refractivity contribution in [3.05, 3.63) is 95.6 Å². The van der Waals surface area contributed by atoms with Crippen LogP contribution in [-0.2, 0) is 6.42 Å². The molecule has 28 heavy (non-hydrogen) atoms. The largest absolute Gasteiger partial charge is 0.455 e. The van der Waals surface area contributed by atoms with E-state index in [-0.39, 0.29) is 6.04 Å². The first-order chi connectivity index (χ1) is 13.7. The molecule has 2 nitrogen and oxygen atoms in total. The smallest absolute Gasteiger partial charge is 0.143 e. The van der Waals surface area contributed by atoms with E-state index < -0.39 is 0 Å². The zero-order valence-electron chi connectivity index (χ0n) is 16.2.